The van der Waals surface area contributed by atoms with E-state index in [0.29, 0.717) is 16.9 Å². The summed E-state index contributed by atoms with van der Waals surface area (Å²) in [6.07, 6.45) is 0. The van der Waals surface area contributed by atoms with Gasteiger partial charge in [-0.05, 0) is 42.2 Å². The molecule has 6 nitrogen and oxygen atoms in total. The standard InChI is InChI=1S/C24H25N3O3/c1-6-30-23(29)20-21(17-9-11-18(12-10-17)24(2,3)4)26(5)27(22(20)28)19-13-7-16(15-25)8-14-19/h7-14H,6H2,1-5H3. The molecular formula is C24H25N3O3. The van der Waals surface area contributed by atoms with Crippen LogP contribution in [0.5, 0.6) is 0 Å². The van der Waals surface area contributed by atoms with Gasteiger partial charge < -0.3 is 4.74 Å². The molecule has 3 rings (SSSR count). The van der Waals surface area contributed by atoms with E-state index in [1.54, 1.807) is 42.9 Å². The van der Waals surface area contributed by atoms with Crippen molar-refractivity contribution in [1.29, 1.82) is 5.26 Å². The van der Waals surface area contributed by atoms with Crippen molar-refractivity contribution in [3.8, 4) is 23.0 Å². The molecule has 0 aliphatic rings. The van der Waals surface area contributed by atoms with Crippen LogP contribution in [0, 0.1) is 11.3 Å². The lowest BCUT2D eigenvalue weighted by atomic mass is 9.86. The largest absolute Gasteiger partial charge is 0.462 e. The van der Waals surface area contributed by atoms with E-state index in [9.17, 15) is 9.59 Å². The molecule has 0 unspecified atom stereocenters. The molecule has 0 amide bonds. The normalized spacial score (nSPS) is 11.2. The number of nitrogens with zero attached hydrogens (tertiary/aromatic N) is 3. The topological polar surface area (TPSA) is 77.0 Å². The van der Waals surface area contributed by atoms with Gasteiger partial charge in [0, 0.05) is 12.6 Å². The molecule has 0 aliphatic carbocycles. The second kappa shape index (κ2) is 8.03. The van der Waals surface area contributed by atoms with E-state index in [1.807, 2.05) is 24.3 Å². The van der Waals surface area contributed by atoms with Crippen LogP contribution in [0.2, 0.25) is 0 Å². The van der Waals surface area contributed by atoms with Gasteiger partial charge in [0.2, 0.25) is 0 Å². The van der Waals surface area contributed by atoms with Gasteiger partial charge in [-0.3, -0.25) is 9.48 Å². The van der Waals surface area contributed by atoms with Crippen molar-refractivity contribution in [3.63, 3.8) is 0 Å². The van der Waals surface area contributed by atoms with E-state index in [1.165, 1.54) is 4.68 Å². The zero-order valence-electron chi connectivity index (χ0n) is 17.9. The zero-order valence-corrected chi connectivity index (χ0v) is 17.9. The number of hydrogen-bond acceptors (Lipinski definition) is 4. The number of benzene rings is 2. The summed E-state index contributed by atoms with van der Waals surface area (Å²) < 4.78 is 8.25. The summed E-state index contributed by atoms with van der Waals surface area (Å²) in [5, 5.41) is 9.03. The van der Waals surface area contributed by atoms with E-state index in [0.717, 1.165) is 11.1 Å². The van der Waals surface area contributed by atoms with Crippen LogP contribution in [0.3, 0.4) is 0 Å². The molecule has 0 fully saturated rings. The number of aromatic nitrogens is 2. The van der Waals surface area contributed by atoms with Gasteiger partial charge in [0.05, 0.1) is 29.6 Å². The average Bonchev–Trinajstić information content (AvgIpc) is 2.98. The fraction of sp³-hybridized carbons (Fsp3) is 0.292. The molecule has 0 saturated heterocycles. The molecule has 0 spiro atoms. The van der Waals surface area contributed by atoms with Crippen molar-refractivity contribution in [2.24, 2.45) is 7.05 Å². The van der Waals surface area contributed by atoms with Crippen LogP contribution in [0.4, 0.5) is 0 Å². The summed E-state index contributed by atoms with van der Waals surface area (Å²) >= 11 is 0. The number of rotatable bonds is 4. The van der Waals surface area contributed by atoms with Gasteiger partial charge in [-0.25, -0.2) is 9.48 Å². The van der Waals surface area contributed by atoms with Crippen LogP contribution in [0.1, 0.15) is 49.2 Å². The molecule has 0 atom stereocenters. The number of esters is 1. The lowest BCUT2D eigenvalue weighted by Gasteiger charge is -2.19. The zero-order chi connectivity index (χ0) is 22.1. The SMILES string of the molecule is CCOC(=O)c1c(-c2ccc(C(C)(C)C)cc2)n(C)n(-c2ccc(C#N)cc2)c1=O. The highest BCUT2D eigenvalue weighted by Crippen LogP contribution is 2.28. The van der Waals surface area contributed by atoms with Crippen molar-refractivity contribution in [3.05, 3.63) is 75.6 Å². The molecule has 0 saturated carbocycles. The second-order valence-corrected chi connectivity index (χ2v) is 8.07. The van der Waals surface area contributed by atoms with E-state index < -0.39 is 11.5 Å². The summed E-state index contributed by atoms with van der Waals surface area (Å²) in [4.78, 5) is 25.9. The fourth-order valence-corrected chi connectivity index (χ4v) is 3.42. The molecule has 1 heterocycles. The maximum Gasteiger partial charge on any atom is 0.346 e. The molecule has 30 heavy (non-hydrogen) atoms. The lowest BCUT2D eigenvalue weighted by molar-refractivity contribution is 0.0525. The highest BCUT2D eigenvalue weighted by Gasteiger charge is 2.27. The Balaban J connectivity index is 2.24. The van der Waals surface area contributed by atoms with Crippen LogP contribution in [-0.2, 0) is 17.2 Å². The van der Waals surface area contributed by atoms with Crippen molar-refractivity contribution < 1.29 is 9.53 Å². The summed E-state index contributed by atoms with van der Waals surface area (Å²) in [6.45, 7) is 8.26. The van der Waals surface area contributed by atoms with Crippen molar-refractivity contribution in [2.45, 2.75) is 33.1 Å². The van der Waals surface area contributed by atoms with Gasteiger partial charge >= 0.3 is 5.97 Å². The Morgan fingerprint density at radius 2 is 1.67 bits per heavy atom. The van der Waals surface area contributed by atoms with Crippen molar-refractivity contribution in [2.75, 3.05) is 6.61 Å². The fourth-order valence-electron chi connectivity index (χ4n) is 3.42. The Morgan fingerprint density at radius 1 is 1.07 bits per heavy atom. The predicted octanol–water partition coefficient (Wildman–Crippen LogP) is 4.19. The van der Waals surface area contributed by atoms with E-state index >= 15 is 0 Å². The van der Waals surface area contributed by atoms with Crippen LogP contribution in [-0.4, -0.2) is 21.9 Å². The van der Waals surface area contributed by atoms with E-state index in [-0.39, 0.29) is 17.6 Å². The van der Waals surface area contributed by atoms with Gasteiger partial charge in [-0.15, -0.1) is 0 Å². The van der Waals surface area contributed by atoms with Crippen LogP contribution < -0.4 is 5.56 Å². The minimum atomic E-state index is -0.652. The van der Waals surface area contributed by atoms with Crippen molar-refractivity contribution in [1.82, 2.24) is 9.36 Å². The van der Waals surface area contributed by atoms with Gasteiger partial charge in [-0.2, -0.15) is 5.26 Å². The number of ether oxygens (including phenoxy) is 1. The third-order valence-corrected chi connectivity index (χ3v) is 5.01. The third-order valence-electron chi connectivity index (χ3n) is 5.01. The van der Waals surface area contributed by atoms with Gasteiger partial charge in [0.15, 0.2) is 5.56 Å². The minimum Gasteiger partial charge on any atom is -0.462 e. The summed E-state index contributed by atoms with van der Waals surface area (Å²) in [7, 11) is 1.73. The van der Waals surface area contributed by atoms with Gasteiger partial charge in [0.25, 0.3) is 5.56 Å². The number of carbonyl (C=O) groups excluding carboxylic acids is 1. The molecule has 0 N–H and O–H groups in total. The summed E-state index contributed by atoms with van der Waals surface area (Å²) in [5.41, 5.74) is 2.96. The first-order valence-electron chi connectivity index (χ1n) is 9.79. The molecule has 154 valence electrons. The highest BCUT2D eigenvalue weighted by atomic mass is 16.5. The number of hydrogen-bond donors (Lipinski definition) is 0. The molecule has 0 radical (unpaired) electrons. The molecule has 1 aromatic heterocycles. The smallest absolute Gasteiger partial charge is 0.346 e. The van der Waals surface area contributed by atoms with Gasteiger partial charge in [0.1, 0.15) is 0 Å². The lowest BCUT2D eigenvalue weighted by Crippen LogP contribution is -2.23. The summed E-state index contributed by atoms with van der Waals surface area (Å²) in [6, 6.07) is 16.5. The molecular weight excluding hydrogens is 378 g/mol. The molecule has 2 aromatic carbocycles. The van der Waals surface area contributed by atoms with Crippen LogP contribution >= 0.6 is 0 Å². The first-order valence-corrected chi connectivity index (χ1v) is 9.79. The Labute approximate surface area is 175 Å². The Morgan fingerprint density at radius 3 is 2.17 bits per heavy atom. The quantitative estimate of drug-likeness (QED) is 0.612. The Kier molecular flexibility index (Phi) is 5.66. The molecule has 0 aliphatic heterocycles. The summed E-state index contributed by atoms with van der Waals surface area (Å²) in [5.74, 6) is -0.652. The minimum absolute atomic E-state index is 0.00721. The number of carbonyl (C=O) groups is 1. The Bertz CT molecular complexity index is 1170. The van der Waals surface area contributed by atoms with Crippen molar-refractivity contribution >= 4 is 5.97 Å². The molecule has 0 bridgehead atoms. The first-order chi connectivity index (χ1) is 14.2. The second-order valence-electron chi connectivity index (χ2n) is 8.07. The van der Waals surface area contributed by atoms with Crippen LogP contribution in [0.15, 0.2) is 53.3 Å². The van der Waals surface area contributed by atoms with E-state index in [4.69, 9.17) is 10.00 Å². The predicted molar refractivity (Wildman–Crippen MR) is 116 cm³/mol. The first kappa shape index (κ1) is 21.1. The Hall–Kier alpha value is -3.59. The average molecular weight is 403 g/mol. The van der Waals surface area contributed by atoms with Crippen LogP contribution in [0.25, 0.3) is 16.9 Å². The number of nitriles is 1. The van der Waals surface area contributed by atoms with Gasteiger partial charge in [-0.1, -0.05) is 45.0 Å². The molecule has 3 aromatic rings. The maximum atomic E-state index is 13.3. The monoisotopic (exact) mass is 403 g/mol. The molecule has 6 heteroatoms. The third kappa shape index (κ3) is 3.79. The highest BCUT2D eigenvalue weighted by molar-refractivity contribution is 5.96. The van der Waals surface area contributed by atoms with E-state index in [2.05, 4.69) is 26.8 Å². The maximum absolute atomic E-state index is 13.3.